The van der Waals surface area contributed by atoms with E-state index in [0.717, 1.165) is 16.8 Å². The van der Waals surface area contributed by atoms with Gasteiger partial charge >= 0.3 is 0 Å². The normalized spacial score (nSPS) is 11.6. The van der Waals surface area contributed by atoms with Gasteiger partial charge in [0.15, 0.2) is 15.0 Å². The molecule has 0 unspecified atom stereocenters. The molecule has 0 fully saturated rings. The van der Waals surface area contributed by atoms with Gasteiger partial charge in [-0.05, 0) is 36.6 Å². The van der Waals surface area contributed by atoms with Gasteiger partial charge in [0.25, 0.3) is 0 Å². The molecule has 1 amide bonds. The molecule has 0 saturated heterocycles. The summed E-state index contributed by atoms with van der Waals surface area (Å²) in [5.74, 6) is 0.349. The van der Waals surface area contributed by atoms with Crippen LogP contribution in [-0.2, 0) is 27.4 Å². The number of nitrogens with one attached hydrogen (secondary N) is 1. The van der Waals surface area contributed by atoms with Crippen molar-refractivity contribution in [3.63, 3.8) is 0 Å². The molecule has 0 radical (unpaired) electrons. The van der Waals surface area contributed by atoms with Crippen molar-refractivity contribution >= 4 is 33.2 Å². The summed E-state index contributed by atoms with van der Waals surface area (Å²) >= 11 is 1.22. The molecule has 0 aliphatic carbocycles. The Morgan fingerprint density at radius 2 is 1.77 bits per heavy atom. The maximum Gasteiger partial charge on any atom is 0.234 e. The van der Waals surface area contributed by atoms with E-state index in [1.807, 2.05) is 31.2 Å². The highest BCUT2D eigenvalue weighted by molar-refractivity contribution is 7.99. The number of carbonyl (C=O) groups is 1. The summed E-state index contributed by atoms with van der Waals surface area (Å²) < 4.78 is 27.0. The molecule has 1 N–H and O–H groups in total. The number of nitrogens with zero attached hydrogens (tertiary/aromatic N) is 3. The molecular weight excluding hydrogens is 432 g/mol. The molecule has 2 aromatic carbocycles. The highest BCUT2D eigenvalue weighted by Crippen LogP contribution is 2.25. The fourth-order valence-electron chi connectivity index (χ4n) is 3.03. The molecule has 0 bridgehead atoms. The number of thioether (sulfide) groups is 1. The lowest BCUT2D eigenvalue weighted by molar-refractivity contribution is -0.113. The smallest absolute Gasteiger partial charge is 0.234 e. The average molecular weight is 459 g/mol. The molecule has 0 aliphatic heterocycles. The molecular formula is C22H26N4O3S2. The van der Waals surface area contributed by atoms with Crippen LogP contribution >= 0.6 is 11.8 Å². The van der Waals surface area contributed by atoms with Crippen LogP contribution in [0.1, 0.15) is 36.7 Å². The summed E-state index contributed by atoms with van der Waals surface area (Å²) in [7, 11) is -1.83. The number of carbonyl (C=O) groups excluding carboxylic acids is 1. The van der Waals surface area contributed by atoms with E-state index in [1.54, 1.807) is 35.9 Å². The number of hydrogen-bond acceptors (Lipinski definition) is 6. The molecule has 164 valence electrons. The summed E-state index contributed by atoms with van der Waals surface area (Å²) in [6, 6.07) is 14.4. The Kier molecular flexibility index (Phi) is 7.17. The van der Waals surface area contributed by atoms with E-state index in [-0.39, 0.29) is 22.3 Å². The maximum atomic E-state index is 12.7. The summed E-state index contributed by atoms with van der Waals surface area (Å²) in [6.07, 6.45) is 0. The quantitative estimate of drug-likeness (QED) is 0.514. The van der Waals surface area contributed by atoms with Crippen molar-refractivity contribution in [3.8, 4) is 0 Å². The highest BCUT2D eigenvalue weighted by atomic mass is 32.2. The zero-order valence-electron chi connectivity index (χ0n) is 18.0. The van der Waals surface area contributed by atoms with Gasteiger partial charge in [0.2, 0.25) is 5.91 Å². The third kappa shape index (κ3) is 5.74. The predicted molar refractivity (Wildman–Crippen MR) is 123 cm³/mol. The highest BCUT2D eigenvalue weighted by Gasteiger charge is 2.21. The second-order valence-corrected chi connectivity index (χ2v) is 10.5. The molecule has 0 atom stereocenters. The van der Waals surface area contributed by atoms with Crippen LogP contribution in [0, 0.1) is 6.92 Å². The standard InChI is InChI=1S/C22H26N4O3S2/c1-15(2)18-7-5-6-8-19(18)23-21(27)13-30-22-25-24-20(26(22)4)14-31(28,29)17-11-9-16(3)10-12-17/h5-12,15H,13-14H2,1-4H3,(H,23,27). The second-order valence-electron chi connectivity index (χ2n) is 7.61. The van der Waals surface area contributed by atoms with Crippen LogP contribution in [0.4, 0.5) is 5.69 Å². The van der Waals surface area contributed by atoms with Crippen LogP contribution in [0.15, 0.2) is 58.6 Å². The Bertz CT molecular complexity index is 1170. The molecule has 0 saturated carbocycles. The first-order valence-corrected chi connectivity index (χ1v) is 12.5. The Morgan fingerprint density at radius 3 is 2.45 bits per heavy atom. The first kappa shape index (κ1) is 23.0. The molecule has 7 nitrogen and oxygen atoms in total. The number of aryl methyl sites for hydroxylation is 1. The van der Waals surface area contributed by atoms with Gasteiger partial charge in [-0.25, -0.2) is 8.42 Å². The summed E-state index contributed by atoms with van der Waals surface area (Å²) in [5.41, 5.74) is 2.86. The first-order valence-electron chi connectivity index (χ1n) is 9.86. The van der Waals surface area contributed by atoms with Gasteiger partial charge in [0.05, 0.1) is 10.6 Å². The van der Waals surface area contributed by atoms with Crippen LogP contribution in [0.5, 0.6) is 0 Å². The third-order valence-electron chi connectivity index (χ3n) is 4.81. The van der Waals surface area contributed by atoms with Crippen LogP contribution < -0.4 is 5.32 Å². The number of sulfone groups is 1. The Hall–Kier alpha value is -2.65. The van der Waals surface area contributed by atoms with Crippen LogP contribution in [0.25, 0.3) is 0 Å². The SMILES string of the molecule is Cc1ccc(S(=O)(=O)Cc2nnc(SCC(=O)Nc3ccccc3C(C)C)n2C)cc1. The van der Waals surface area contributed by atoms with E-state index in [9.17, 15) is 13.2 Å². The van der Waals surface area contributed by atoms with E-state index < -0.39 is 9.84 Å². The van der Waals surface area contributed by atoms with E-state index in [1.165, 1.54) is 11.8 Å². The molecule has 3 aromatic rings. The minimum Gasteiger partial charge on any atom is -0.325 e. The maximum absolute atomic E-state index is 12.7. The zero-order chi connectivity index (χ0) is 22.6. The summed E-state index contributed by atoms with van der Waals surface area (Å²) in [5, 5.41) is 11.5. The van der Waals surface area contributed by atoms with Crippen molar-refractivity contribution in [2.75, 3.05) is 11.1 Å². The lowest BCUT2D eigenvalue weighted by Gasteiger charge is -2.13. The topological polar surface area (TPSA) is 94.0 Å². The number of anilines is 1. The third-order valence-corrected chi connectivity index (χ3v) is 7.46. The Morgan fingerprint density at radius 1 is 1.10 bits per heavy atom. The van der Waals surface area contributed by atoms with Gasteiger partial charge in [0, 0.05) is 12.7 Å². The minimum absolute atomic E-state index is 0.142. The molecule has 1 heterocycles. The lowest BCUT2D eigenvalue weighted by Crippen LogP contribution is -2.16. The Balaban J connectivity index is 1.64. The largest absolute Gasteiger partial charge is 0.325 e. The van der Waals surface area contributed by atoms with Crippen LogP contribution in [-0.4, -0.2) is 34.8 Å². The van der Waals surface area contributed by atoms with Gasteiger partial charge in [-0.1, -0.05) is 61.5 Å². The zero-order valence-corrected chi connectivity index (χ0v) is 19.6. The van der Waals surface area contributed by atoms with Crippen LogP contribution in [0.3, 0.4) is 0 Å². The molecule has 0 spiro atoms. The molecule has 1 aromatic heterocycles. The van der Waals surface area contributed by atoms with Crippen molar-refractivity contribution in [2.24, 2.45) is 7.05 Å². The first-order chi connectivity index (χ1) is 14.7. The van der Waals surface area contributed by atoms with Gasteiger partial charge in [-0.15, -0.1) is 10.2 Å². The molecule has 3 rings (SSSR count). The summed E-state index contributed by atoms with van der Waals surface area (Å²) in [6.45, 7) is 6.05. The van der Waals surface area contributed by atoms with Crippen molar-refractivity contribution in [1.82, 2.24) is 14.8 Å². The number of amides is 1. The van der Waals surface area contributed by atoms with Crippen molar-refractivity contribution in [3.05, 3.63) is 65.5 Å². The molecule has 31 heavy (non-hydrogen) atoms. The van der Waals surface area contributed by atoms with E-state index >= 15 is 0 Å². The van der Waals surface area contributed by atoms with Crippen molar-refractivity contribution < 1.29 is 13.2 Å². The van der Waals surface area contributed by atoms with Crippen molar-refractivity contribution in [1.29, 1.82) is 0 Å². The Labute approximate surface area is 187 Å². The van der Waals surface area contributed by atoms with Crippen LogP contribution in [0.2, 0.25) is 0 Å². The number of para-hydroxylation sites is 1. The van der Waals surface area contributed by atoms with Gasteiger partial charge in [-0.3, -0.25) is 4.79 Å². The monoisotopic (exact) mass is 458 g/mol. The lowest BCUT2D eigenvalue weighted by atomic mass is 10.0. The van der Waals surface area contributed by atoms with E-state index in [4.69, 9.17) is 0 Å². The predicted octanol–water partition coefficient (Wildman–Crippen LogP) is 3.95. The number of aromatic nitrogens is 3. The number of rotatable bonds is 8. The minimum atomic E-state index is -3.54. The summed E-state index contributed by atoms with van der Waals surface area (Å²) in [4.78, 5) is 12.7. The van der Waals surface area contributed by atoms with E-state index in [2.05, 4.69) is 29.4 Å². The molecule has 0 aliphatic rings. The fourth-order valence-corrected chi connectivity index (χ4v) is 5.06. The van der Waals surface area contributed by atoms with Gasteiger partial charge < -0.3 is 9.88 Å². The van der Waals surface area contributed by atoms with E-state index in [0.29, 0.717) is 16.9 Å². The van der Waals surface area contributed by atoms with Gasteiger partial charge in [-0.2, -0.15) is 0 Å². The average Bonchev–Trinajstić information content (AvgIpc) is 3.06. The van der Waals surface area contributed by atoms with Crippen molar-refractivity contribution in [2.45, 2.75) is 42.5 Å². The van der Waals surface area contributed by atoms with Gasteiger partial charge in [0.1, 0.15) is 11.6 Å². The molecule has 9 heteroatoms. The fraction of sp³-hybridized carbons (Fsp3) is 0.318. The number of hydrogen-bond donors (Lipinski definition) is 1. The number of benzene rings is 2. The second kappa shape index (κ2) is 9.65.